The summed E-state index contributed by atoms with van der Waals surface area (Å²) >= 11 is 0. The van der Waals surface area contributed by atoms with Crippen molar-refractivity contribution in [2.45, 2.75) is 113 Å². The quantitative estimate of drug-likeness (QED) is 0.286. The molecule has 222 valence electrons. The van der Waals surface area contributed by atoms with Gasteiger partial charge in [0.1, 0.15) is 0 Å². The smallest absolute Gasteiger partial charge is 0.0660 e. The van der Waals surface area contributed by atoms with E-state index in [9.17, 15) is 0 Å². The van der Waals surface area contributed by atoms with Crippen molar-refractivity contribution in [1.82, 2.24) is 9.97 Å². The summed E-state index contributed by atoms with van der Waals surface area (Å²) in [5.74, 6) is 0. The second-order valence-electron chi connectivity index (χ2n) is 10.9. The van der Waals surface area contributed by atoms with Crippen LogP contribution in [0.15, 0.2) is 38.7 Å². The molecule has 2 aromatic rings. The van der Waals surface area contributed by atoms with Gasteiger partial charge in [-0.1, -0.05) is 113 Å². The molecule has 41 heavy (non-hydrogen) atoms. The Morgan fingerprint density at radius 2 is 1.17 bits per heavy atom. The molecule has 4 nitrogen and oxygen atoms in total. The molecule has 0 fully saturated rings. The maximum Gasteiger partial charge on any atom is 0.0660 e. The molecule has 0 saturated heterocycles. The molecule has 8 bridgehead atoms. The second-order valence-corrected chi connectivity index (χ2v) is 10.9. The summed E-state index contributed by atoms with van der Waals surface area (Å²) in [6.45, 7) is 18.0. The monoisotopic (exact) mass is 639 g/mol. The number of rotatable bonds is 8. The average Bonchev–Trinajstić information content (AvgIpc) is 3.67. The van der Waals surface area contributed by atoms with E-state index in [4.69, 9.17) is 20.3 Å². The SMILES string of the molecule is CCC1=C(CC)/C2=C/c3[n-]c(c(CC)c3CC)/C=C3\[N-]C(/C=c4\[n-]/c(c(CC)c4CC)=C\C1=N2)C(CC)=C3CC.[Pd]. The fourth-order valence-electron chi connectivity index (χ4n) is 7.10. The largest absolute Gasteiger partial charge is 0.675 e. The number of hydrogen-bond acceptors (Lipinski definition) is 1. The molecule has 3 aliphatic heterocycles. The van der Waals surface area contributed by atoms with E-state index >= 15 is 0 Å². The molecule has 0 saturated carbocycles. The van der Waals surface area contributed by atoms with Crippen LogP contribution < -0.4 is 20.7 Å². The summed E-state index contributed by atoms with van der Waals surface area (Å²) in [5, 5.41) is 7.50. The van der Waals surface area contributed by atoms with Gasteiger partial charge >= 0.3 is 0 Å². The number of allylic oxidation sites excluding steroid dienone is 3. The molecule has 3 aliphatic rings. The summed E-state index contributed by atoms with van der Waals surface area (Å²) in [6, 6.07) is 0.0233. The molecule has 1 atom stereocenters. The van der Waals surface area contributed by atoms with Gasteiger partial charge < -0.3 is 15.3 Å². The van der Waals surface area contributed by atoms with Crippen LogP contribution in [-0.2, 0) is 46.1 Å². The van der Waals surface area contributed by atoms with Crippen LogP contribution in [0.25, 0.3) is 29.6 Å². The molecular formula is C36H45N4Pd-3. The van der Waals surface area contributed by atoms with E-state index in [2.05, 4.69) is 79.7 Å². The van der Waals surface area contributed by atoms with Gasteiger partial charge in [-0.05, 0) is 62.5 Å². The molecule has 5 heteroatoms. The number of hydrogen-bond donors (Lipinski definition) is 0. The Morgan fingerprint density at radius 3 is 1.73 bits per heavy atom. The van der Waals surface area contributed by atoms with E-state index in [1.165, 1.54) is 44.5 Å². The zero-order chi connectivity index (χ0) is 28.6. The first-order valence-electron chi connectivity index (χ1n) is 15.7. The van der Waals surface area contributed by atoms with Crippen LogP contribution in [-0.4, -0.2) is 11.8 Å². The molecule has 0 amide bonds. The third-order valence-corrected chi connectivity index (χ3v) is 8.99. The maximum absolute atomic E-state index is 5.34. The molecule has 5 rings (SSSR count). The van der Waals surface area contributed by atoms with Gasteiger partial charge in [0.25, 0.3) is 0 Å². The third-order valence-electron chi connectivity index (χ3n) is 8.99. The fourth-order valence-corrected chi connectivity index (χ4v) is 7.10. The fraction of sp³-hybridized carbons (Fsp3) is 0.472. The number of aliphatic imine (C=N–C) groups is 1. The topological polar surface area (TPSA) is 54.7 Å². The van der Waals surface area contributed by atoms with E-state index in [0.717, 1.165) is 90.6 Å². The second kappa shape index (κ2) is 13.1. The maximum atomic E-state index is 5.34. The third kappa shape index (κ3) is 5.37. The predicted molar refractivity (Wildman–Crippen MR) is 171 cm³/mol. The number of nitrogens with zero attached hydrogens (tertiary/aromatic N) is 4. The van der Waals surface area contributed by atoms with Crippen molar-refractivity contribution in [3.63, 3.8) is 0 Å². The van der Waals surface area contributed by atoms with Crippen molar-refractivity contribution >= 4 is 30.0 Å². The molecule has 5 heterocycles. The van der Waals surface area contributed by atoms with Gasteiger partial charge in [0, 0.05) is 20.4 Å². The Morgan fingerprint density at radius 1 is 0.585 bits per heavy atom. The van der Waals surface area contributed by atoms with Crippen molar-refractivity contribution in [3.8, 4) is 0 Å². The first kappa shape index (κ1) is 31.3. The summed E-state index contributed by atoms with van der Waals surface area (Å²) < 4.78 is 0. The molecule has 0 N–H and O–H groups in total. The molecule has 0 spiro atoms. The Kier molecular flexibility index (Phi) is 10.0. The van der Waals surface area contributed by atoms with Crippen molar-refractivity contribution in [1.29, 1.82) is 0 Å². The van der Waals surface area contributed by atoms with Gasteiger partial charge in [0.2, 0.25) is 0 Å². The Balaban J connectivity index is 0.00000387. The van der Waals surface area contributed by atoms with E-state index < -0.39 is 0 Å². The van der Waals surface area contributed by atoms with Gasteiger partial charge in [0.05, 0.1) is 11.4 Å². The van der Waals surface area contributed by atoms with Gasteiger partial charge in [-0.15, -0.1) is 33.9 Å². The van der Waals surface area contributed by atoms with Crippen LogP contribution in [0.5, 0.6) is 0 Å². The van der Waals surface area contributed by atoms with Gasteiger partial charge in [-0.2, -0.15) is 0 Å². The summed E-state index contributed by atoms with van der Waals surface area (Å²) in [5.41, 5.74) is 16.2. The van der Waals surface area contributed by atoms with Crippen LogP contribution in [0.3, 0.4) is 0 Å². The molecule has 0 aromatic carbocycles. The summed E-state index contributed by atoms with van der Waals surface area (Å²) in [4.78, 5) is 15.8. The van der Waals surface area contributed by atoms with Gasteiger partial charge in [-0.3, -0.25) is 0 Å². The van der Waals surface area contributed by atoms with Crippen LogP contribution in [0, 0.1) is 0 Å². The zero-order valence-electron chi connectivity index (χ0n) is 26.1. The van der Waals surface area contributed by atoms with Crippen molar-refractivity contribution < 1.29 is 20.4 Å². The molecule has 1 unspecified atom stereocenters. The first-order valence-corrected chi connectivity index (χ1v) is 15.7. The standard InChI is InChI=1S/C36H45N4.Pd/c1-9-21-22(10-2)30-18-32-25(13-5)26(14-6)34(39-32)20-36-28(16-8)27(15-7)35(40-36)19-33-24(12-4)23(11-3)31(38-33)17-29(21)37-30;/h17-20,29H,9-16H2,1-8H3;/q-3;/b30-18-,31-17-,33-19-,36-20-;. The van der Waals surface area contributed by atoms with Crippen molar-refractivity contribution in [2.75, 3.05) is 0 Å². The predicted octanol–water partition coefficient (Wildman–Crippen LogP) is 7.25. The van der Waals surface area contributed by atoms with Crippen molar-refractivity contribution in [2.24, 2.45) is 4.99 Å². The first-order chi connectivity index (χ1) is 19.5. The van der Waals surface area contributed by atoms with Crippen LogP contribution in [0.4, 0.5) is 0 Å². The molecule has 0 aliphatic carbocycles. The summed E-state index contributed by atoms with van der Waals surface area (Å²) in [7, 11) is 0. The van der Waals surface area contributed by atoms with Gasteiger partial charge in [-0.25, -0.2) is 4.99 Å². The minimum Gasteiger partial charge on any atom is -0.675 e. The van der Waals surface area contributed by atoms with Gasteiger partial charge in [0.15, 0.2) is 0 Å². The molecule has 0 radical (unpaired) electrons. The minimum absolute atomic E-state index is 0. The summed E-state index contributed by atoms with van der Waals surface area (Å²) in [6.07, 6.45) is 16.8. The Hall–Kier alpha value is -2.61. The number of aromatic nitrogens is 2. The Bertz CT molecular complexity index is 1600. The minimum atomic E-state index is 0. The zero-order valence-corrected chi connectivity index (χ0v) is 27.7. The van der Waals surface area contributed by atoms with E-state index in [-0.39, 0.29) is 26.5 Å². The normalized spacial score (nSPS) is 22.1. The van der Waals surface area contributed by atoms with Crippen LogP contribution >= 0.6 is 0 Å². The van der Waals surface area contributed by atoms with Crippen LogP contribution in [0.1, 0.15) is 115 Å². The number of fused-ring (bicyclic) bond motifs is 7. The molecule has 2 aromatic heterocycles. The van der Waals surface area contributed by atoms with E-state index in [1.807, 2.05) is 0 Å². The molecular weight excluding hydrogens is 595 g/mol. The van der Waals surface area contributed by atoms with Crippen LogP contribution in [0.2, 0.25) is 0 Å². The Labute approximate surface area is 260 Å². The average molecular weight is 640 g/mol. The van der Waals surface area contributed by atoms with Crippen molar-refractivity contribution in [3.05, 3.63) is 83.3 Å². The van der Waals surface area contributed by atoms with E-state index in [0.29, 0.717) is 0 Å². The van der Waals surface area contributed by atoms with E-state index in [1.54, 1.807) is 0 Å².